The minimum atomic E-state index is 0.730. The average molecular weight is 301 g/mol. The molecule has 1 aliphatic rings. The molecule has 2 heterocycles. The van der Waals surface area contributed by atoms with Crippen LogP contribution in [0.3, 0.4) is 0 Å². The number of hydrogen-bond donors (Lipinski definition) is 1. The molecule has 0 atom stereocenters. The Labute approximate surface area is 129 Å². The molecule has 98 valence electrons. The van der Waals surface area contributed by atoms with Gasteiger partial charge in [0.2, 0.25) is 0 Å². The van der Waals surface area contributed by atoms with Gasteiger partial charge in [-0.3, -0.25) is 0 Å². The van der Waals surface area contributed by atoms with Crippen molar-refractivity contribution in [1.29, 1.82) is 0 Å². The van der Waals surface area contributed by atoms with Gasteiger partial charge in [0, 0.05) is 31.5 Å². The van der Waals surface area contributed by atoms with E-state index in [2.05, 4.69) is 66.0 Å². The highest BCUT2D eigenvalue weighted by Gasteiger charge is 2.19. The highest BCUT2D eigenvalue weighted by Crippen LogP contribution is 2.35. The largest absolute Gasteiger partial charge is 0.356 e. The molecular weight excluding hydrogens is 290 g/mol. The first kappa shape index (κ1) is 11.5. The first-order chi connectivity index (χ1) is 10.4. The van der Waals surface area contributed by atoms with Crippen LogP contribution >= 0.6 is 11.3 Å². The Bertz CT molecular complexity index is 1000. The van der Waals surface area contributed by atoms with Crippen LogP contribution in [0.4, 0.5) is 11.4 Å². The van der Waals surface area contributed by atoms with Crippen LogP contribution in [0.5, 0.6) is 0 Å². The van der Waals surface area contributed by atoms with Crippen molar-refractivity contribution >= 4 is 62.8 Å². The van der Waals surface area contributed by atoms with Gasteiger partial charge < -0.3 is 5.32 Å². The normalized spacial score (nSPS) is 13.0. The summed E-state index contributed by atoms with van der Waals surface area (Å²) >= 11 is 1.92. The van der Waals surface area contributed by atoms with Crippen LogP contribution in [0.1, 0.15) is 0 Å². The molecule has 1 aromatic heterocycles. The molecule has 1 aliphatic heterocycles. The molecule has 1 nitrogen and oxygen atoms in total. The van der Waals surface area contributed by atoms with Crippen molar-refractivity contribution in [2.45, 2.75) is 0 Å². The van der Waals surface area contributed by atoms with E-state index in [4.69, 9.17) is 0 Å². The lowest BCUT2D eigenvalue weighted by Gasteiger charge is -2.21. The van der Waals surface area contributed by atoms with E-state index in [0.717, 1.165) is 9.52 Å². The standard InChI is InChI=1S/C18H11NSSi/c1-3-7-15-11(5-1)12-9-10-14-18(17(12)20-15)21-16-8-4-2-6-13(16)19-14/h1-10,19H. The summed E-state index contributed by atoms with van der Waals surface area (Å²) in [5.74, 6) is 0. The van der Waals surface area contributed by atoms with Crippen LogP contribution in [-0.4, -0.2) is 9.52 Å². The number of thiophene rings is 1. The Balaban J connectivity index is 1.83. The fourth-order valence-electron chi connectivity index (χ4n) is 3.00. The predicted molar refractivity (Wildman–Crippen MR) is 94.1 cm³/mol. The maximum absolute atomic E-state index is 3.59. The Morgan fingerprint density at radius 3 is 2.62 bits per heavy atom. The van der Waals surface area contributed by atoms with Gasteiger partial charge in [0.05, 0.1) is 0 Å². The molecule has 21 heavy (non-hydrogen) atoms. The summed E-state index contributed by atoms with van der Waals surface area (Å²) < 4.78 is 2.82. The summed E-state index contributed by atoms with van der Waals surface area (Å²) in [6.07, 6.45) is 0. The smallest absolute Gasteiger partial charge is 0.129 e. The van der Waals surface area contributed by atoms with Crippen LogP contribution < -0.4 is 15.7 Å². The Kier molecular flexibility index (Phi) is 2.31. The number of anilines is 2. The van der Waals surface area contributed by atoms with Crippen LogP contribution in [0, 0.1) is 0 Å². The maximum atomic E-state index is 3.59. The molecule has 0 fully saturated rings. The molecule has 0 saturated heterocycles. The van der Waals surface area contributed by atoms with E-state index >= 15 is 0 Å². The van der Waals surface area contributed by atoms with Gasteiger partial charge in [0.25, 0.3) is 0 Å². The van der Waals surface area contributed by atoms with E-state index in [1.807, 2.05) is 11.3 Å². The number of nitrogens with one attached hydrogen (secondary N) is 1. The SMILES string of the molecule is c1ccc2c(c1)Nc1ccc3c(sc4ccccc43)c1[Si]2. The van der Waals surface area contributed by atoms with Gasteiger partial charge in [0.15, 0.2) is 0 Å². The average Bonchev–Trinajstić information content (AvgIpc) is 2.92. The molecule has 0 aliphatic carbocycles. The molecule has 0 amide bonds. The third-order valence-electron chi connectivity index (χ3n) is 4.00. The molecule has 1 N–H and O–H groups in total. The van der Waals surface area contributed by atoms with Crippen LogP contribution in [0.25, 0.3) is 20.2 Å². The van der Waals surface area contributed by atoms with Crippen molar-refractivity contribution in [3.05, 3.63) is 60.7 Å². The second-order valence-corrected chi connectivity index (χ2v) is 7.60. The zero-order chi connectivity index (χ0) is 13.8. The molecule has 4 aromatic rings. The lowest BCUT2D eigenvalue weighted by molar-refractivity contribution is 1.60. The number of fused-ring (bicyclic) bond motifs is 6. The van der Waals surface area contributed by atoms with Crippen LogP contribution in [-0.2, 0) is 0 Å². The topological polar surface area (TPSA) is 12.0 Å². The van der Waals surface area contributed by atoms with E-state index in [1.54, 1.807) is 0 Å². The summed E-state index contributed by atoms with van der Waals surface area (Å²) in [5.41, 5.74) is 2.52. The second-order valence-electron chi connectivity index (χ2n) is 5.26. The second kappa shape index (κ2) is 4.20. The van der Waals surface area contributed by atoms with Crippen molar-refractivity contribution in [2.75, 3.05) is 5.32 Å². The lowest BCUT2D eigenvalue weighted by atomic mass is 10.1. The summed E-state index contributed by atoms with van der Waals surface area (Å²) in [5, 5.41) is 9.24. The molecular formula is C18H11NSSi. The van der Waals surface area contributed by atoms with E-state index in [-0.39, 0.29) is 0 Å². The number of para-hydroxylation sites is 1. The summed E-state index contributed by atoms with van der Waals surface area (Å²) in [6.45, 7) is 0. The van der Waals surface area contributed by atoms with Crippen molar-refractivity contribution < 1.29 is 0 Å². The minimum absolute atomic E-state index is 0.730. The highest BCUT2D eigenvalue weighted by molar-refractivity contribution is 7.27. The van der Waals surface area contributed by atoms with Gasteiger partial charge in [-0.1, -0.05) is 42.5 Å². The molecule has 3 aromatic carbocycles. The molecule has 3 heteroatoms. The molecule has 2 radical (unpaired) electrons. The number of rotatable bonds is 0. The molecule has 5 rings (SSSR count). The van der Waals surface area contributed by atoms with Gasteiger partial charge in [-0.05, 0) is 28.6 Å². The van der Waals surface area contributed by atoms with Crippen molar-refractivity contribution in [3.63, 3.8) is 0 Å². The number of benzene rings is 3. The molecule has 0 bridgehead atoms. The van der Waals surface area contributed by atoms with E-state index in [1.165, 1.54) is 41.9 Å². The summed E-state index contributed by atoms with van der Waals surface area (Å²) in [7, 11) is 0.730. The Morgan fingerprint density at radius 1 is 0.762 bits per heavy atom. The van der Waals surface area contributed by atoms with Gasteiger partial charge in [0.1, 0.15) is 9.52 Å². The first-order valence-electron chi connectivity index (χ1n) is 6.97. The zero-order valence-electron chi connectivity index (χ0n) is 11.2. The van der Waals surface area contributed by atoms with Gasteiger partial charge in [-0.2, -0.15) is 0 Å². The van der Waals surface area contributed by atoms with Crippen molar-refractivity contribution in [2.24, 2.45) is 0 Å². The predicted octanol–water partition coefficient (Wildman–Crippen LogP) is 3.77. The Hall–Kier alpha value is -2.10. The monoisotopic (exact) mass is 301 g/mol. The third kappa shape index (κ3) is 1.62. The van der Waals surface area contributed by atoms with E-state index in [9.17, 15) is 0 Å². The highest BCUT2D eigenvalue weighted by atomic mass is 32.1. The van der Waals surface area contributed by atoms with Crippen molar-refractivity contribution in [3.8, 4) is 0 Å². The van der Waals surface area contributed by atoms with Gasteiger partial charge in [-0.15, -0.1) is 11.3 Å². The fourth-order valence-corrected chi connectivity index (χ4v) is 5.72. The number of hydrogen-bond acceptors (Lipinski definition) is 2. The summed E-state index contributed by atoms with van der Waals surface area (Å²) in [6, 6.07) is 21.8. The van der Waals surface area contributed by atoms with Crippen LogP contribution in [0.2, 0.25) is 0 Å². The maximum Gasteiger partial charge on any atom is 0.129 e. The molecule has 0 unspecified atom stereocenters. The van der Waals surface area contributed by atoms with E-state index in [0.29, 0.717) is 0 Å². The van der Waals surface area contributed by atoms with Crippen LogP contribution in [0.15, 0.2) is 60.7 Å². The van der Waals surface area contributed by atoms with Crippen molar-refractivity contribution in [1.82, 2.24) is 0 Å². The quantitative estimate of drug-likeness (QED) is 0.429. The third-order valence-corrected chi connectivity index (χ3v) is 6.86. The fraction of sp³-hybridized carbons (Fsp3) is 0. The zero-order valence-corrected chi connectivity index (χ0v) is 13.0. The first-order valence-corrected chi connectivity index (χ1v) is 8.79. The molecule has 0 saturated carbocycles. The van der Waals surface area contributed by atoms with E-state index < -0.39 is 0 Å². The lowest BCUT2D eigenvalue weighted by Crippen LogP contribution is -2.35. The Morgan fingerprint density at radius 2 is 1.62 bits per heavy atom. The van der Waals surface area contributed by atoms with Gasteiger partial charge >= 0.3 is 0 Å². The summed E-state index contributed by atoms with van der Waals surface area (Å²) in [4.78, 5) is 0. The minimum Gasteiger partial charge on any atom is -0.356 e. The van der Waals surface area contributed by atoms with Gasteiger partial charge in [-0.25, -0.2) is 0 Å². The molecule has 0 spiro atoms.